The van der Waals surface area contributed by atoms with Gasteiger partial charge in [-0.25, -0.2) is 0 Å². The van der Waals surface area contributed by atoms with Crippen molar-refractivity contribution in [2.24, 2.45) is 9.98 Å². The highest BCUT2D eigenvalue weighted by molar-refractivity contribution is 6.71. The summed E-state index contributed by atoms with van der Waals surface area (Å²) < 4.78 is 29.2. The van der Waals surface area contributed by atoms with Crippen LogP contribution in [0.3, 0.4) is 0 Å². The maximum Gasteiger partial charge on any atom is 0.500 e. The maximum absolute atomic E-state index is 5.87. The molecule has 0 aliphatic rings. The summed E-state index contributed by atoms with van der Waals surface area (Å²) in [7, 11) is -4.09. The van der Waals surface area contributed by atoms with Crippen LogP contribution in [0.4, 0.5) is 0 Å². The van der Waals surface area contributed by atoms with Gasteiger partial charge >= 0.3 is 8.80 Å². The van der Waals surface area contributed by atoms with Crippen LogP contribution in [0.5, 0.6) is 0 Å². The summed E-state index contributed by atoms with van der Waals surface area (Å²) in [6, 6.07) is 5.71. The monoisotopic (exact) mass is 470 g/mol. The minimum absolute atomic E-state index is 0.596. The predicted molar refractivity (Wildman–Crippen MR) is 132 cm³/mol. The highest BCUT2D eigenvalue weighted by Crippen LogP contribution is 2.18. The molecule has 1 rings (SSSR count). The zero-order valence-electron chi connectivity index (χ0n) is 20.3. The van der Waals surface area contributed by atoms with Crippen molar-refractivity contribution in [3.05, 3.63) is 23.7 Å². The zero-order valence-corrected chi connectivity index (χ0v) is 22.3. The fourth-order valence-corrected chi connectivity index (χ4v) is 7.79. The third kappa shape index (κ3) is 11.9. The molecule has 31 heavy (non-hydrogen) atoms. The number of hydrogen-bond donors (Lipinski definition) is 0. The van der Waals surface area contributed by atoms with Crippen LogP contribution in [0.1, 0.15) is 52.1 Å². The molecular weight excluding hydrogens is 428 g/mol. The number of rotatable bonds is 18. The van der Waals surface area contributed by atoms with Gasteiger partial charge in [-0.05, 0) is 71.8 Å². The molecule has 178 valence electrons. The minimum Gasteiger partial charge on any atom is -0.454 e. The summed E-state index contributed by atoms with van der Waals surface area (Å²) in [5, 5.41) is 0. The summed E-state index contributed by atoms with van der Waals surface area (Å²) in [5.41, 5.74) is 0. The normalized spacial score (nSPS) is 13.1. The zero-order chi connectivity index (χ0) is 23.0. The largest absolute Gasteiger partial charge is 0.500 e. The molecule has 0 saturated carbocycles. The molecule has 0 saturated heterocycles. The van der Waals surface area contributed by atoms with E-state index < -0.39 is 17.1 Å². The van der Waals surface area contributed by atoms with Crippen LogP contribution in [0, 0.1) is 0 Å². The van der Waals surface area contributed by atoms with Crippen molar-refractivity contribution < 1.29 is 22.1 Å². The van der Waals surface area contributed by atoms with E-state index in [0.29, 0.717) is 26.4 Å². The van der Waals surface area contributed by atoms with Crippen molar-refractivity contribution in [2.75, 3.05) is 39.5 Å². The highest BCUT2D eigenvalue weighted by Gasteiger charge is 2.39. The number of furan rings is 1. The second-order valence-corrected chi connectivity index (χ2v) is 14.7. The maximum atomic E-state index is 5.87. The Morgan fingerprint density at radius 1 is 0.742 bits per heavy atom. The summed E-state index contributed by atoms with van der Waals surface area (Å²) in [6.45, 7) is 16.5. The highest BCUT2D eigenvalue weighted by atomic mass is 28.4. The van der Waals surface area contributed by atoms with Gasteiger partial charge in [0.1, 0.15) is 11.5 Å². The minimum atomic E-state index is -2.58. The van der Waals surface area contributed by atoms with Crippen LogP contribution in [-0.2, 0) is 17.7 Å². The summed E-state index contributed by atoms with van der Waals surface area (Å²) in [5.74, 6) is 1.48. The van der Waals surface area contributed by atoms with Crippen molar-refractivity contribution in [1.29, 1.82) is 0 Å². The molecule has 1 aromatic heterocycles. The van der Waals surface area contributed by atoms with Crippen LogP contribution in [0.25, 0.3) is 0 Å². The second kappa shape index (κ2) is 15.7. The molecule has 0 aromatic carbocycles. The third-order valence-corrected chi connectivity index (χ3v) is 10.3. The molecule has 0 N–H and O–H groups in total. The molecule has 7 nitrogen and oxygen atoms in total. The van der Waals surface area contributed by atoms with Crippen LogP contribution >= 0.6 is 0 Å². The summed E-state index contributed by atoms with van der Waals surface area (Å²) >= 11 is 0. The smallest absolute Gasteiger partial charge is 0.454 e. The molecule has 0 amide bonds. The van der Waals surface area contributed by atoms with Gasteiger partial charge in [-0.2, -0.15) is 0 Å². The van der Waals surface area contributed by atoms with Crippen LogP contribution in [0.2, 0.25) is 25.2 Å². The van der Waals surface area contributed by atoms with E-state index >= 15 is 0 Å². The lowest BCUT2D eigenvalue weighted by Crippen LogP contribution is -2.46. The van der Waals surface area contributed by atoms with E-state index in [1.54, 1.807) is 12.4 Å². The van der Waals surface area contributed by atoms with Crippen molar-refractivity contribution in [2.45, 2.75) is 65.7 Å². The number of aliphatic imine (C=N–C) groups is 2. The van der Waals surface area contributed by atoms with Gasteiger partial charge < -0.3 is 22.1 Å². The van der Waals surface area contributed by atoms with E-state index in [2.05, 4.69) is 30.0 Å². The molecule has 1 aromatic rings. The first-order valence-corrected chi connectivity index (χ1v) is 16.6. The van der Waals surface area contributed by atoms with E-state index in [-0.39, 0.29) is 0 Å². The van der Waals surface area contributed by atoms with Gasteiger partial charge in [0.25, 0.3) is 0 Å². The first kappa shape index (κ1) is 27.9. The standard InChI is InChI=1S/C22H42N2O5Si2/c1-7-25-30(5,6)17-11-15-23-19-21-13-14-22(29-21)20-24-16-12-18-31(26-8-2,27-9-3)28-10-4/h13-14,19-20H,7-12,15-18H2,1-6H3. The van der Waals surface area contributed by atoms with Crippen LogP contribution in [-0.4, -0.2) is 69.1 Å². The Morgan fingerprint density at radius 3 is 1.65 bits per heavy atom. The molecule has 0 atom stereocenters. The molecular formula is C22H42N2O5Si2. The van der Waals surface area contributed by atoms with Gasteiger partial charge in [-0.15, -0.1) is 0 Å². The van der Waals surface area contributed by atoms with E-state index in [9.17, 15) is 0 Å². The molecule has 0 spiro atoms. The van der Waals surface area contributed by atoms with E-state index in [4.69, 9.17) is 22.1 Å². The topological polar surface area (TPSA) is 74.8 Å². The molecule has 9 heteroatoms. The van der Waals surface area contributed by atoms with Gasteiger partial charge in [0.2, 0.25) is 0 Å². The molecule has 1 heterocycles. The Labute approximate surface area is 190 Å². The molecule has 0 fully saturated rings. The van der Waals surface area contributed by atoms with Gasteiger partial charge in [0, 0.05) is 45.6 Å². The van der Waals surface area contributed by atoms with Crippen molar-refractivity contribution in [3.63, 3.8) is 0 Å². The lowest BCUT2D eigenvalue weighted by molar-refractivity contribution is 0.0710. The Hall–Kier alpha value is -1.11. The summed E-state index contributed by atoms with van der Waals surface area (Å²) in [4.78, 5) is 8.95. The Balaban J connectivity index is 2.40. The van der Waals surface area contributed by atoms with Gasteiger partial charge in [-0.1, -0.05) is 0 Å². The van der Waals surface area contributed by atoms with E-state index in [0.717, 1.165) is 49.6 Å². The molecule has 0 aliphatic carbocycles. The van der Waals surface area contributed by atoms with Crippen molar-refractivity contribution in [1.82, 2.24) is 0 Å². The van der Waals surface area contributed by atoms with Crippen LogP contribution < -0.4 is 0 Å². The molecule has 0 unspecified atom stereocenters. The quantitative estimate of drug-likeness (QED) is 0.168. The first-order valence-electron chi connectivity index (χ1n) is 11.6. The van der Waals surface area contributed by atoms with Gasteiger partial charge in [-0.3, -0.25) is 9.98 Å². The molecule has 0 radical (unpaired) electrons. The number of hydrogen-bond acceptors (Lipinski definition) is 7. The lowest BCUT2D eigenvalue weighted by atomic mass is 10.4. The average Bonchev–Trinajstić information content (AvgIpc) is 3.15. The fraction of sp³-hybridized carbons (Fsp3) is 0.727. The van der Waals surface area contributed by atoms with Gasteiger partial charge in [0.15, 0.2) is 8.32 Å². The first-order chi connectivity index (χ1) is 14.9. The second-order valence-electron chi connectivity index (χ2n) is 7.69. The Morgan fingerprint density at radius 2 is 1.19 bits per heavy atom. The Kier molecular flexibility index (Phi) is 14.1. The van der Waals surface area contributed by atoms with E-state index in [1.165, 1.54) is 0 Å². The molecule has 0 aliphatic heterocycles. The third-order valence-electron chi connectivity index (χ3n) is 4.55. The fourth-order valence-electron chi connectivity index (χ4n) is 3.26. The number of nitrogens with zero attached hydrogens (tertiary/aromatic N) is 2. The lowest BCUT2D eigenvalue weighted by Gasteiger charge is -2.28. The van der Waals surface area contributed by atoms with Crippen molar-refractivity contribution >= 4 is 29.6 Å². The van der Waals surface area contributed by atoms with Crippen molar-refractivity contribution in [3.8, 4) is 0 Å². The van der Waals surface area contributed by atoms with Gasteiger partial charge in [0.05, 0.1) is 12.4 Å². The predicted octanol–water partition coefficient (Wildman–Crippen LogP) is 5.19. The summed E-state index contributed by atoms with van der Waals surface area (Å²) in [6.07, 6.45) is 5.44. The van der Waals surface area contributed by atoms with E-state index in [1.807, 2.05) is 32.9 Å². The van der Waals surface area contributed by atoms with Crippen LogP contribution in [0.15, 0.2) is 26.5 Å². The average molecular weight is 471 g/mol. The SMILES string of the molecule is CCO[Si](C)(C)CCCN=Cc1ccc(C=NCCC[Si](OCC)(OCC)OCC)o1. The Bertz CT molecular complexity index is 633. The molecule has 0 bridgehead atoms.